The van der Waals surface area contributed by atoms with Crippen LogP contribution in [0.15, 0.2) is 0 Å². The first-order chi connectivity index (χ1) is 10.0. The molecular weight excluding hydrogens is 290 g/mol. The van der Waals surface area contributed by atoms with Crippen LogP contribution in [-0.4, -0.2) is 44.1 Å². The zero-order valence-electron chi connectivity index (χ0n) is 12.9. The first kappa shape index (κ1) is 16.7. The minimum absolute atomic E-state index is 0.0608. The van der Waals surface area contributed by atoms with E-state index in [4.69, 9.17) is 0 Å². The van der Waals surface area contributed by atoms with Gasteiger partial charge in [-0.2, -0.15) is 4.31 Å². The maximum atomic E-state index is 12.5. The summed E-state index contributed by atoms with van der Waals surface area (Å²) in [5.41, 5.74) is 0. The highest BCUT2D eigenvalue weighted by molar-refractivity contribution is 7.89. The molecule has 1 heterocycles. The van der Waals surface area contributed by atoms with E-state index in [1.54, 1.807) is 4.31 Å². The SMILES string of the molecule is COC(=O)CCCS(=O)(=O)N1CCCC1C1CCCCC1. The molecule has 0 spiro atoms. The number of carbonyl (C=O) groups is 1. The molecule has 0 aromatic heterocycles. The fraction of sp³-hybridized carbons (Fsp3) is 0.933. The Morgan fingerprint density at radius 1 is 1.14 bits per heavy atom. The lowest BCUT2D eigenvalue weighted by atomic mass is 9.83. The fourth-order valence-electron chi connectivity index (χ4n) is 3.72. The third-order valence-electron chi connectivity index (χ3n) is 4.81. The van der Waals surface area contributed by atoms with Crippen LogP contribution in [0.5, 0.6) is 0 Å². The van der Waals surface area contributed by atoms with Gasteiger partial charge in [-0.15, -0.1) is 0 Å². The minimum atomic E-state index is -3.24. The van der Waals surface area contributed by atoms with Crippen molar-refractivity contribution >= 4 is 16.0 Å². The van der Waals surface area contributed by atoms with E-state index in [0.717, 1.165) is 12.8 Å². The monoisotopic (exact) mass is 317 g/mol. The Morgan fingerprint density at radius 2 is 1.86 bits per heavy atom. The van der Waals surface area contributed by atoms with Gasteiger partial charge >= 0.3 is 5.97 Å². The van der Waals surface area contributed by atoms with Gasteiger partial charge in [0.25, 0.3) is 0 Å². The Kier molecular flexibility index (Phi) is 6.05. The molecule has 0 aromatic rings. The van der Waals surface area contributed by atoms with Crippen LogP contribution in [-0.2, 0) is 19.6 Å². The highest BCUT2D eigenvalue weighted by Gasteiger charge is 2.38. The topological polar surface area (TPSA) is 63.7 Å². The van der Waals surface area contributed by atoms with Crippen LogP contribution in [0, 0.1) is 5.92 Å². The van der Waals surface area contributed by atoms with Crippen LogP contribution in [0.1, 0.15) is 57.8 Å². The predicted octanol–water partition coefficient (Wildman–Crippen LogP) is 2.31. The minimum Gasteiger partial charge on any atom is -0.469 e. The molecule has 2 rings (SSSR count). The molecule has 0 aromatic carbocycles. The summed E-state index contributed by atoms with van der Waals surface area (Å²) in [7, 11) is -1.91. The third-order valence-corrected chi connectivity index (χ3v) is 6.78. The Labute approximate surface area is 128 Å². The molecule has 6 heteroatoms. The van der Waals surface area contributed by atoms with Gasteiger partial charge in [-0.05, 0) is 38.0 Å². The van der Waals surface area contributed by atoms with E-state index >= 15 is 0 Å². The second kappa shape index (κ2) is 7.58. The summed E-state index contributed by atoms with van der Waals surface area (Å²) in [6, 6.07) is 0.202. The van der Waals surface area contributed by atoms with Gasteiger partial charge in [-0.25, -0.2) is 8.42 Å². The molecule has 0 bridgehead atoms. The van der Waals surface area contributed by atoms with Crippen LogP contribution in [0.25, 0.3) is 0 Å². The van der Waals surface area contributed by atoms with Crippen LogP contribution in [0.2, 0.25) is 0 Å². The lowest BCUT2D eigenvalue weighted by molar-refractivity contribution is -0.140. The van der Waals surface area contributed by atoms with Crippen molar-refractivity contribution < 1.29 is 17.9 Å². The summed E-state index contributed by atoms with van der Waals surface area (Å²) < 4.78 is 31.4. The van der Waals surface area contributed by atoms with Gasteiger partial charge < -0.3 is 4.74 Å². The zero-order valence-corrected chi connectivity index (χ0v) is 13.7. The lowest BCUT2D eigenvalue weighted by Gasteiger charge is -2.33. The van der Waals surface area contributed by atoms with Crippen molar-refractivity contribution in [2.75, 3.05) is 19.4 Å². The molecule has 0 radical (unpaired) electrons. The molecule has 1 saturated carbocycles. The number of sulfonamides is 1. The fourth-order valence-corrected chi connectivity index (χ4v) is 5.56. The lowest BCUT2D eigenvalue weighted by Crippen LogP contribution is -2.41. The van der Waals surface area contributed by atoms with Crippen molar-refractivity contribution in [1.82, 2.24) is 4.31 Å². The molecule has 5 nitrogen and oxygen atoms in total. The maximum Gasteiger partial charge on any atom is 0.305 e. The number of nitrogens with zero attached hydrogens (tertiary/aromatic N) is 1. The van der Waals surface area contributed by atoms with Gasteiger partial charge in [0.05, 0.1) is 12.9 Å². The third kappa shape index (κ3) is 4.42. The van der Waals surface area contributed by atoms with Gasteiger partial charge in [-0.3, -0.25) is 4.79 Å². The maximum absolute atomic E-state index is 12.5. The first-order valence-corrected chi connectivity index (χ1v) is 9.72. The van der Waals surface area contributed by atoms with Gasteiger partial charge in [0.2, 0.25) is 10.0 Å². The summed E-state index contributed by atoms with van der Waals surface area (Å²) in [6.45, 7) is 0.654. The van der Waals surface area contributed by atoms with Gasteiger partial charge in [-0.1, -0.05) is 19.3 Å². The van der Waals surface area contributed by atoms with Crippen LogP contribution < -0.4 is 0 Å². The average molecular weight is 317 g/mol. The van der Waals surface area contributed by atoms with Gasteiger partial charge in [0, 0.05) is 19.0 Å². The second-order valence-electron chi connectivity index (χ2n) is 6.21. The molecule has 1 saturated heterocycles. The number of esters is 1. The van der Waals surface area contributed by atoms with E-state index in [2.05, 4.69) is 4.74 Å². The van der Waals surface area contributed by atoms with Crippen molar-refractivity contribution in [3.05, 3.63) is 0 Å². The van der Waals surface area contributed by atoms with Gasteiger partial charge in [0.1, 0.15) is 0 Å². The number of carbonyl (C=O) groups excluding carboxylic acids is 1. The summed E-state index contributed by atoms with van der Waals surface area (Å²) in [4.78, 5) is 11.1. The molecule has 0 amide bonds. The van der Waals surface area contributed by atoms with E-state index in [0.29, 0.717) is 18.9 Å². The van der Waals surface area contributed by atoms with E-state index in [-0.39, 0.29) is 24.2 Å². The molecule has 1 aliphatic carbocycles. The largest absolute Gasteiger partial charge is 0.469 e. The zero-order chi connectivity index (χ0) is 15.3. The average Bonchev–Trinajstić information content (AvgIpc) is 2.98. The molecule has 2 fully saturated rings. The molecule has 1 aliphatic heterocycles. The smallest absolute Gasteiger partial charge is 0.305 e. The molecular formula is C15H27NO4S. The summed E-state index contributed by atoms with van der Waals surface area (Å²) in [5, 5.41) is 0. The predicted molar refractivity (Wildman–Crippen MR) is 81.3 cm³/mol. The standard InChI is InChI=1S/C15H27NO4S/c1-20-15(17)10-6-12-21(18,19)16-11-5-9-14(16)13-7-3-2-4-8-13/h13-14H,2-12H2,1H3. The highest BCUT2D eigenvalue weighted by Crippen LogP contribution is 2.35. The Hall–Kier alpha value is -0.620. The molecule has 0 N–H and O–H groups in total. The van der Waals surface area contributed by atoms with Gasteiger partial charge in [0.15, 0.2) is 0 Å². The summed E-state index contributed by atoms with van der Waals surface area (Å²) in [6.07, 6.45) is 8.58. The van der Waals surface area contributed by atoms with Crippen molar-refractivity contribution in [2.45, 2.75) is 63.8 Å². The van der Waals surface area contributed by atoms with Crippen molar-refractivity contribution in [3.8, 4) is 0 Å². The van der Waals surface area contributed by atoms with Crippen molar-refractivity contribution in [2.24, 2.45) is 5.92 Å². The quantitative estimate of drug-likeness (QED) is 0.705. The van der Waals surface area contributed by atoms with Crippen molar-refractivity contribution in [3.63, 3.8) is 0 Å². The summed E-state index contributed by atoms with van der Waals surface area (Å²) >= 11 is 0. The number of ether oxygens (including phenoxy) is 1. The normalized spacial score (nSPS) is 25.1. The summed E-state index contributed by atoms with van der Waals surface area (Å²) in [5.74, 6) is 0.262. The Balaban J connectivity index is 1.92. The molecule has 1 unspecified atom stereocenters. The van der Waals surface area contributed by atoms with E-state index in [9.17, 15) is 13.2 Å². The Morgan fingerprint density at radius 3 is 2.52 bits per heavy atom. The second-order valence-corrected chi connectivity index (χ2v) is 8.26. The van der Waals surface area contributed by atoms with E-state index in [1.807, 2.05) is 0 Å². The van der Waals surface area contributed by atoms with Crippen LogP contribution >= 0.6 is 0 Å². The van der Waals surface area contributed by atoms with Crippen LogP contribution in [0.3, 0.4) is 0 Å². The Bertz CT molecular complexity index is 443. The molecule has 1 atom stereocenters. The molecule has 2 aliphatic rings. The van der Waals surface area contributed by atoms with E-state index in [1.165, 1.54) is 39.2 Å². The number of methoxy groups -OCH3 is 1. The van der Waals surface area contributed by atoms with E-state index < -0.39 is 10.0 Å². The molecule has 122 valence electrons. The first-order valence-electron chi connectivity index (χ1n) is 8.11. The molecule has 21 heavy (non-hydrogen) atoms. The number of hydrogen-bond acceptors (Lipinski definition) is 4. The highest BCUT2D eigenvalue weighted by atomic mass is 32.2. The van der Waals surface area contributed by atoms with Crippen LogP contribution in [0.4, 0.5) is 0 Å². The van der Waals surface area contributed by atoms with Crippen molar-refractivity contribution in [1.29, 1.82) is 0 Å². The number of rotatable bonds is 6. The number of hydrogen-bond donors (Lipinski definition) is 0.